The van der Waals surface area contributed by atoms with Gasteiger partial charge in [0.15, 0.2) is 0 Å². The Bertz CT molecular complexity index is 812. The number of likely N-dealkylation sites (tertiary alicyclic amines) is 1. The third-order valence-electron chi connectivity index (χ3n) is 4.64. The van der Waals surface area contributed by atoms with E-state index in [0.29, 0.717) is 6.54 Å². The molecule has 2 aromatic heterocycles. The molecule has 0 bridgehead atoms. The van der Waals surface area contributed by atoms with Gasteiger partial charge < -0.3 is 14.2 Å². The molecule has 1 aliphatic heterocycles. The fourth-order valence-electron chi connectivity index (χ4n) is 3.52. The SMILES string of the molecule is COc1cccc([C@@H]2C[C@@H](O)CN2Cc2cn3ccccc3n2)c1. The normalized spacial score (nSPS) is 21.4. The van der Waals surface area contributed by atoms with Crippen molar-refractivity contribution in [2.75, 3.05) is 13.7 Å². The summed E-state index contributed by atoms with van der Waals surface area (Å²) in [4.78, 5) is 6.97. The first-order valence-corrected chi connectivity index (χ1v) is 8.21. The monoisotopic (exact) mass is 323 g/mol. The second-order valence-corrected chi connectivity index (χ2v) is 6.31. The number of hydrogen-bond acceptors (Lipinski definition) is 4. The van der Waals surface area contributed by atoms with Gasteiger partial charge in [-0.3, -0.25) is 4.90 Å². The van der Waals surface area contributed by atoms with Crippen LogP contribution in [0.15, 0.2) is 54.9 Å². The average Bonchev–Trinajstić information content (AvgIpc) is 3.17. The summed E-state index contributed by atoms with van der Waals surface area (Å²) in [7, 11) is 1.68. The summed E-state index contributed by atoms with van der Waals surface area (Å²) in [6.07, 6.45) is 4.49. The number of benzene rings is 1. The highest BCUT2D eigenvalue weighted by atomic mass is 16.5. The molecule has 3 heterocycles. The fourth-order valence-corrected chi connectivity index (χ4v) is 3.52. The number of aromatic nitrogens is 2. The van der Waals surface area contributed by atoms with Crippen LogP contribution in [0.2, 0.25) is 0 Å². The number of ether oxygens (including phenoxy) is 1. The van der Waals surface area contributed by atoms with Crippen LogP contribution in [0, 0.1) is 0 Å². The molecule has 0 radical (unpaired) electrons. The summed E-state index contributed by atoms with van der Waals surface area (Å²) >= 11 is 0. The number of aliphatic hydroxyl groups excluding tert-OH is 1. The molecule has 0 spiro atoms. The number of fused-ring (bicyclic) bond motifs is 1. The Morgan fingerprint density at radius 2 is 2.17 bits per heavy atom. The third-order valence-corrected chi connectivity index (χ3v) is 4.64. The van der Waals surface area contributed by atoms with E-state index < -0.39 is 0 Å². The minimum Gasteiger partial charge on any atom is -0.497 e. The van der Waals surface area contributed by atoms with Crippen LogP contribution in [-0.2, 0) is 6.54 Å². The minimum atomic E-state index is -0.307. The Morgan fingerprint density at radius 1 is 1.25 bits per heavy atom. The predicted molar refractivity (Wildman–Crippen MR) is 92.0 cm³/mol. The molecule has 5 nitrogen and oxygen atoms in total. The van der Waals surface area contributed by atoms with Gasteiger partial charge in [0.1, 0.15) is 11.4 Å². The zero-order valence-electron chi connectivity index (χ0n) is 13.7. The van der Waals surface area contributed by atoms with E-state index in [-0.39, 0.29) is 12.1 Å². The zero-order chi connectivity index (χ0) is 16.5. The van der Waals surface area contributed by atoms with Crippen LogP contribution in [0.25, 0.3) is 5.65 Å². The molecule has 1 aliphatic rings. The molecule has 0 unspecified atom stereocenters. The van der Waals surface area contributed by atoms with E-state index in [1.54, 1.807) is 7.11 Å². The first kappa shape index (κ1) is 15.2. The smallest absolute Gasteiger partial charge is 0.137 e. The molecule has 5 heteroatoms. The summed E-state index contributed by atoms with van der Waals surface area (Å²) in [5.41, 5.74) is 3.14. The van der Waals surface area contributed by atoms with Crippen LogP contribution in [0.1, 0.15) is 23.7 Å². The molecule has 2 atom stereocenters. The molecule has 0 amide bonds. The van der Waals surface area contributed by atoms with Crippen LogP contribution in [-0.4, -0.2) is 39.1 Å². The third kappa shape index (κ3) is 2.88. The van der Waals surface area contributed by atoms with Gasteiger partial charge in [-0.2, -0.15) is 0 Å². The summed E-state index contributed by atoms with van der Waals surface area (Å²) in [6.45, 7) is 1.39. The van der Waals surface area contributed by atoms with Crippen molar-refractivity contribution >= 4 is 5.65 Å². The highest BCUT2D eigenvalue weighted by Crippen LogP contribution is 2.34. The lowest BCUT2D eigenvalue weighted by atomic mass is 10.0. The van der Waals surface area contributed by atoms with Gasteiger partial charge in [-0.25, -0.2) is 4.98 Å². The number of rotatable bonds is 4. The zero-order valence-corrected chi connectivity index (χ0v) is 13.7. The molecule has 0 saturated carbocycles. The van der Waals surface area contributed by atoms with Gasteiger partial charge in [-0.1, -0.05) is 18.2 Å². The van der Waals surface area contributed by atoms with Gasteiger partial charge in [-0.05, 0) is 36.2 Å². The summed E-state index contributed by atoms with van der Waals surface area (Å²) in [6, 6.07) is 14.3. The molecule has 1 N–H and O–H groups in total. The van der Waals surface area contributed by atoms with Crippen molar-refractivity contribution in [2.45, 2.75) is 25.1 Å². The first-order chi connectivity index (χ1) is 11.7. The number of imidazole rings is 1. The van der Waals surface area contributed by atoms with Crippen LogP contribution >= 0.6 is 0 Å². The maximum atomic E-state index is 10.2. The summed E-state index contributed by atoms with van der Waals surface area (Å²) in [5.74, 6) is 0.849. The van der Waals surface area contributed by atoms with E-state index in [1.807, 2.05) is 40.9 Å². The van der Waals surface area contributed by atoms with Crippen molar-refractivity contribution in [3.05, 3.63) is 66.1 Å². The quantitative estimate of drug-likeness (QED) is 0.802. The molecule has 1 aromatic carbocycles. The number of pyridine rings is 1. The van der Waals surface area contributed by atoms with Crippen molar-refractivity contribution in [1.29, 1.82) is 0 Å². The van der Waals surface area contributed by atoms with Crippen molar-refractivity contribution in [3.63, 3.8) is 0 Å². The molecule has 124 valence electrons. The second-order valence-electron chi connectivity index (χ2n) is 6.31. The van der Waals surface area contributed by atoms with E-state index >= 15 is 0 Å². The van der Waals surface area contributed by atoms with Crippen LogP contribution in [0.5, 0.6) is 5.75 Å². The maximum absolute atomic E-state index is 10.2. The van der Waals surface area contributed by atoms with Crippen LogP contribution in [0.3, 0.4) is 0 Å². The van der Waals surface area contributed by atoms with Gasteiger partial charge in [0.25, 0.3) is 0 Å². The van der Waals surface area contributed by atoms with E-state index in [1.165, 1.54) is 5.56 Å². The largest absolute Gasteiger partial charge is 0.497 e. The van der Waals surface area contributed by atoms with Gasteiger partial charge >= 0.3 is 0 Å². The minimum absolute atomic E-state index is 0.180. The topological polar surface area (TPSA) is 50.0 Å². The highest BCUT2D eigenvalue weighted by Gasteiger charge is 2.32. The number of aliphatic hydroxyl groups is 1. The van der Waals surface area contributed by atoms with Gasteiger partial charge in [0.05, 0.1) is 18.9 Å². The Kier molecular flexibility index (Phi) is 3.96. The molecule has 1 saturated heterocycles. The average molecular weight is 323 g/mol. The maximum Gasteiger partial charge on any atom is 0.137 e. The molecule has 24 heavy (non-hydrogen) atoms. The van der Waals surface area contributed by atoms with Crippen molar-refractivity contribution < 1.29 is 9.84 Å². The lowest BCUT2D eigenvalue weighted by molar-refractivity contribution is 0.172. The fraction of sp³-hybridized carbons (Fsp3) is 0.316. The molecule has 4 rings (SSSR count). The Hall–Kier alpha value is -2.37. The summed E-state index contributed by atoms with van der Waals surface area (Å²) < 4.78 is 7.37. The lowest BCUT2D eigenvalue weighted by Crippen LogP contribution is -2.24. The predicted octanol–water partition coefficient (Wildman–Crippen LogP) is 2.65. The second kappa shape index (κ2) is 6.26. The Morgan fingerprint density at radius 3 is 3.00 bits per heavy atom. The van der Waals surface area contributed by atoms with Gasteiger partial charge in [0.2, 0.25) is 0 Å². The van der Waals surface area contributed by atoms with Crippen molar-refractivity contribution in [2.24, 2.45) is 0 Å². The van der Waals surface area contributed by atoms with Crippen LogP contribution in [0.4, 0.5) is 0 Å². The van der Waals surface area contributed by atoms with Crippen molar-refractivity contribution in [1.82, 2.24) is 14.3 Å². The molecule has 3 aromatic rings. The Balaban J connectivity index is 1.60. The van der Waals surface area contributed by atoms with Gasteiger partial charge in [-0.15, -0.1) is 0 Å². The first-order valence-electron chi connectivity index (χ1n) is 8.21. The van der Waals surface area contributed by atoms with Crippen LogP contribution < -0.4 is 4.74 Å². The van der Waals surface area contributed by atoms with E-state index in [0.717, 1.165) is 30.1 Å². The molecular formula is C19H21N3O2. The lowest BCUT2D eigenvalue weighted by Gasteiger charge is -2.23. The van der Waals surface area contributed by atoms with Crippen molar-refractivity contribution in [3.8, 4) is 5.75 Å². The van der Waals surface area contributed by atoms with Gasteiger partial charge in [0, 0.05) is 31.5 Å². The summed E-state index contributed by atoms with van der Waals surface area (Å²) in [5, 5.41) is 10.2. The Labute approximate surface area is 141 Å². The van der Waals surface area contributed by atoms with E-state index in [9.17, 15) is 5.11 Å². The molecular weight excluding hydrogens is 302 g/mol. The number of hydrogen-bond donors (Lipinski definition) is 1. The van der Waals surface area contributed by atoms with E-state index in [2.05, 4.69) is 28.2 Å². The number of methoxy groups -OCH3 is 1. The van der Waals surface area contributed by atoms with E-state index in [4.69, 9.17) is 4.74 Å². The molecule has 0 aliphatic carbocycles. The standard InChI is InChI=1S/C19H21N3O2/c1-24-17-6-4-5-14(9-17)18-10-16(23)13-22(18)12-15-11-21-8-3-2-7-19(21)20-15/h2-9,11,16,18,23H,10,12-13H2,1H3/t16-,18+/m1/s1. The number of nitrogens with zero attached hydrogens (tertiary/aromatic N) is 3. The highest BCUT2D eigenvalue weighted by molar-refractivity contribution is 5.39. The number of β-amino-alcohol motifs (C(OH)–C–C–N with tert-alkyl or cyclic N) is 1. The molecule has 1 fully saturated rings.